The van der Waals surface area contributed by atoms with Gasteiger partial charge in [-0.05, 0) is 51.5 Å². The SMILES string of the molecule is C#C.CC1(C)C[C@H](NC=O)c2ccccc2O1.CC[C@@H]1CC(=O)N(C(CCOC)C2CC2)C(N)=N1. The molecule has 1 unspecified atom stereocenters. The van der Waals surface area contributed by atoms with Crippen molar-refractivity contribution >= 4 is 18.3 Å². The molecule has 2 aliphatic heterocycles. The first-order chi connectivity index (χ1) is 16.8. The second-order valence-electron chi connectivity index (χ2n) is 9.64. The number of benzene rings is 1. The molecule has 0 spiro atoms. The third kappa shape index (κ3) is 7.72. The number of rotatable bonds is 8. The number of nitrogens with one attached hydrogen (secondary N) is 1. The molecule has 3 atom stereocenters. The molecule has 8 heteroatoms. The molecule has 0 saturated heterocycles. The monoisotopic (exact) mass is 484 g/mol. The zero-order chi connectivity index (χ0) is 26.0. The Labute approximate surface area is 209 Å². The summed E-state index contributed by atoms with van der Waals surface area (Å²) in [7, 11) is 1.69. The molecule has 3 N–H and O–H groups in total. The Morgan fingerprint density at radius 1 is 1.34 bits per heavy atom. The Hall–Kier alpha value is -3.05. The Morgan fingerprint density at radius 2 is 2.03 bits per heavy atom. The fraction of sp³-hybridized carbons (Fsp3) is 0.593. The van der Waals surface area contributed by atoms with Crippen LogP contribution in [0.5, 0.6) is 5.75 Å². The second-order valence-corrected chi connectivity index (χ2v) is 9.64. The lowest BCUT2D eigenvalue weighted by molar-refractivity contribution is -0.130. The first-order valence-corrected chi connectivity index (χ1v) is 12.2. The van der Waals surface area contributed by atoms with Crippen molar-refractivity contribution in [2.45, 2.75) is 83.0 Å². The number of carbonyl (C=O) groups is 2. The predicted octanol–water partition coefficient (Wildman–Crippen LogP) is 3.41. The summed E-state index contributed by atoms with van der Waals surface area (Å²) in [6.07, 6.45) is 14.1. The average molecular weight is 485 g/mol. The van der Waals surface area contributed by atoms with Gasteiger partial charge >= 0.3 is 0 Å². The standard InChI is InChI=1S/C13H23N3O2.C12H15NO2.C2H2/c1-3-10-8-12(17)16(13(14)15-10)11(6-7-18-2)9-4-5-9;1-12(2)7-10(13-8-14)9-5-3-4-6-11(9)15-12;1-2/h9-11H,3-8H2,1-2H3,(H2,14,15);3-6,8,10H,7H2,1-2H3,(H,13,14);1-2H/t10-,11?;10-;/m10./s1. The zero-order valence-corrected chi connectivity index (χ0v) is 21.4. The highest BCUT2D eigenvalue weighted by Crippen LogP contribution is 2.39. The number of fused-ring (bicyclic) bond motifs is 1. The summed E-state index contributed by atoms with van der Waals surface area (Å²) in [5.74, 6) is 1.98. The summed E-state index contributed by atoms with van der Waals surface area (Å²) in [5, 5.41) is 2.84. The molecule has 4 rings (SSSR count). The number of aliphatic imine (C=N–C) groups is 1. The molecule has 3 aliphatic rings. The van der Waals surface area contributed by atoms with Gasteiger partial charge in [0.25, 0.3) is 0 Å². The normalized spacial score (nSPS) is 23.1. The fourth-order valence-corrected chi connectivity index (χ4v) is 4.64. The number of guanidine groups is 1. The van der Waals surface area contributed by atoms with Gasteiger partial charge in [0, 0.05) is 38.2 Å². The molecule has 0 bridgehead atoms. The molecule has 8 nitrogen and oxygen atoms in total. The first kappa shape index (κ1) is 28.2. The number of ether oxygens (including phenoxy) is 2. The smallest absolute Gasteiger partial charge is 0.231 e. The van der Waals surface area contributed by atoms with Crippen LogP contribution >= 0.6 is 0 Å². The molecule has 1 aromatic carbocycles. The van der Waals surface area contributed by atoms with E-state index in [-0.39, 0.29) is 29.6 Å². The number of hydrogen-bond donors (Lipinski definition) is 2. The molecule has 0 aromatic heterocycles. The summed E-state index contributed by atoms with van der Waals surface area (Å²) in [4.78, 5) is 28.9. The van der Waals surface area contributed by atoms with Gasteiger partial charge in [0.1, 0.15) is 11.4 Å². The minimum absolute atomic E-state index is 0.0578. The van der Waals surface area contributed by atoms with Gasteiger partial charge in [-0.15, -0.1) is 12.8 Å². The van der Waals surface area contributed by atoms with E-state index in [0.717, 1.165) is 37.0 Å². The molecule has 2 amide bonds. The van der Waals surface area contributed by atoms with Crippen LogP contribution in [0.2, 0.25) is 0 Å². The predicted molar refractivity (Wildman–Crippen MR) is 138 cm³/mol. The van der Waals surface area contributed by atoms with E-state index in [1.807, 2.05) is 45.0 Å². The highest BCUT2D eigenvalue weighted by Gasteiger charge is 2.40. The highest BCUT2D eigenvalue weighted by molar-refractivity contribution is 5.98. The number of nitrogens with two attached hydrogens (primary N) is 1. The minimum Gasteiger partial charge on any atom is -0.487 e. The highest BCUT2D eigenvalue weighted by atomic mass is 16.5. The maximum Gasteiger partial charge on any atom is 0.231 e. The largest absolute Gasteiger partial charge is 0.487 e. The lowest BCUT2D eigenvalue weighted by atomic mass is 9.90. The second kappa shape index (κ2) is 13.1. The van der Waals surface area contributed by atoms with Crippen molar-refractivity contribution in [2.24, 2.45) is 16.6 Å². The zero-order valence-electron chi connectivity index (χ0n) is 21.4. The number of terminal acetylenes is 1. The number of nitrogens with zero attached hydrogens (tertiary/aromatic N) is 2. The van der Waals surface area contributed by atoms with E-state index in [9.17, 15) is 9.59 Å². The van der Waals surface area contributed by atoms with Crippen LogP contribution < -0.4 is 15.8 Å². The van der Waals surface area contributed by atoms with Crippen molar-refractivity contribution in [1.82, 2.24) is 10.2 Å². The maximum atomic E-state index is 12.2. The summed E-state index contributed by atoms with van der Waals surface area (Å²) in [5.41, 5.74) is 6.82. The van der Waals surface area contributed by atoms with Crippen LogP contribution in [0.1, 0.15) is 70.9 Å². The molecule has 35 heavy (non-hydrogen) atoms. The van der Waals surface area contributed by atoms with Crippen LogP contribution in [0.4, 0.5) is 0 Å². The van der Waals surface area contributed by atoms with E-state index in [2.05, 4.69) is 23.2 Å². The van der Waals surface area contributed by atoms with Crippen LogP contribution in [-0.2, 0) is 14.3 Å². The third-order valence-corrected chi connectivity index (χ3v) is 6.47. The van der Waals surface area contributed by atoms with Gasteiger partial charge in [0.15, 0.2) is 5.96 Å². The van der Waals surface area contributed by atoms with E-state index >= 15 is 0 Å². The summed E-state index contributed by atoms with van der Waals surface area (Å²) in [6, 6.07) is 8.14. The Morgan fingerprint density at radius 3 is 2.60 bits per heavy atom. The average Bonchev–Trinajstić information content (AvgIpc) is 3.67. The fourth-order valence-electron chi connectivity index (χ4n) is 4.64. The van der Waals surface area contributed by atoms with Crippen molar-refractivity contribution in [3.8, 4) is 18.6 Å². The lowest BCUT2D eigenvalue weighted by Crippen LogP contribution is -2.53. The van der Waals surface area contributed by atoms with E-state index in [4.69, 9.17) is 15.2 Å². The minimum atomic E-state index is -0.227. The molecule has 0 radical (unpaired) electrons. The lowest BCUT2D eigenvalue weighted by Gasteiger charge is -2.37. The summed E-state index contributed by atoms with van der Waals surface area (Å²) >= 11 is 0. The topological polar surface area (TPSA) is 106 Å². The number of carbonyl (C=O) groups excluding carboxylic acids is 2. The van der Waals surface area contributed by atoms with Crippen molar-refractivity contribution < 1.29 is 19.1 Å². The van der Waals surface area contributed by atoms with Gasteiger partial charge in [-0.25, -0.2) is 4.99 Å². The molecule has 192 valence electrons. The van der Waals surface area contributed by atoms with E-state index in [0.29, 0.717) is 24.9 Å². The van der Waals surface area contributed by atoms with Crippen LogP contribution in [-0.4, -0.2) is 54.6 Å². The number of hydrogen-bond acceptors (Lipinski definition) is 6. The summed E-state index contributed by atoms with van der Waals surface area (Å²) < 4.78 is 11.0. The van der Waals surface area contributed by atoms with E-state index < -0.39 is 0 Å². The molecule has 1 saturated carbocycles. The van der Waals surface area contributed by atoms with E-state index in [1.165, 1.54) is 12.8 Å². The van der Waals surface area contributed by atoms with Crippen molar-refractivity contribution in [3.05, 3.63) is 29.8 Å². The first-order valence-electron chi connectivity index (χ1n) is 12.2. The number of para-hydroxylation sites is 1. The Balaban J connectivity index is 0.000000234. The molecular formula is C27H40N4O4. The van der Waals surface area contributed by atoms with Crippen LogP contribution in [0.25, 0.3) is 0 Å². The Bertz CT molecular complexity index is 894. The van der Waals surface area contributed by atoms with Crippen molar-refractivity contribution in [3.63, 3.8) is 0 Å². The number of methoxy groups -OCH3 is 1. The van der Waals surface area contributed by atoms with Gasteiger partial charge in [0.2, 0.25) is 12.3 Å². The van der Waals surface area contributed by atoms with Gasteiger partial charge in [-0.1, -0.05) is 25.1 Å². The van der Waals surface area contributed by atoms with Gasteiger partial charge < -0.3 is 20.5 Å². The van der Waals surface area contributed by atoms with Crippen LogP contribution in [0.3, 0.4) is 0 Å². The van der Waals surface area contributed by atoms with Gasteiger partial charge in [-0.3, -0.25) is 14.5 Å². The maximum absolute atomic E-state index is 12.2. The van der Waals surface area contributed by atoms with Gasteiger partial charge in [0.05, 0.1) is 12.1 Å². The molecule has 1 fully saturated rings. The number of amides is 2. The van der Waals surface area contributed by atoms with Gasteiger partial charge in [-0.2, -0.15) is 0 Å². The summed E-state index contributed by atoms with van der Waals surface area (Å²) in [6.45, 7) is 6.76. The molecule has 1 aromatic rings. The van der Waals surface area contributed by atoms with Crippen LogP contribution in [0, 0.1) is 18.8 Å². The van der Waals surface area contributed by atoms with Crippen molar-refractivity contribution in [2.75, 3.05) is 13.7 Å². The van der Waals surface area contributed by atoms with Crippen LogP contribution in [0.15, 0.2) is 29.3 Å². The third-order valence-electron chi connectivity index (χ3n) is 6.47. The Kier molecular flexibility index (Phi) is 10.6. The quantitative estimate of drug-likeness (QED) is 0.434. The van der Waals surface area contributed by atoms with E-state index in [1.54, 1.807) is 12.0 Å². The van der Waals surface area contributed by atoms with Crippen molar-refractivity contribution in [1.29, 1.82) is 0 Å². The molecule has 2 heterocycles. The molecular weight excluding hydrogens is 444 g/mol. The molecule has 1 aliphatic carbocycles.